The molecule has 5 heteroatoms. The van der Waals surface area contributed by atoms with E-state index in [1.54, 1.807) is 7.11 Å². The molecule has 0 aliphatic heterocycles. The van der Waals surface area contributed by atoms with Crippen LogP contribution in [0.4, 0.5) is 0 Å². The Morgan fingerprint density at radius 1 is 1.12 bits per heavy atom. The van der Waals surface area contributed by atoms with Gasteiger partial charge in [-0.25, -0.2) is 0 Å². The zero-order chi connectivity index (χ0) is 12.9. The lowest BCUT2D eigenvalue weighted by Crippen LogP contribution is -2.38. The number of ether oxygens (including phenoxy) is 1. The fourth-order valence-corrected chi connectivity index (χ4v) is 1.55. The number of halogens is 1. The van der Waals surface area contributed by atoms with Gasteiger partial charge in [-0.15, -0.1) is 24.0 Å². The molecule has 104 valence electrons. The molecule has 0 saturated carbocycles. The standard InChI is InChI=1S/C12H27N3O.HI/c1-12(2,3)10(16-8)9-13-11(14(4)5)15(6)7;/h10H,9H2,1-8H3;1H. The first kappa shape index (κ1) is 19.3. The molecule has 0 rings (SSSR count). The van der Waals surface area contributed by atoms with Crippen LogP contribution < -0.4 is 0 Å². The van der Waals surface area contributed by atoms with Crippen molar-refractivity contribution in [2.24, 2.45) is 10.4 Å². The summed E-state index contributed by atoms with van der Waals surface area (Å²) in [4.78, 5) is 8.62. The molecule has 0 heterocycles. The van der Waals surface area contributed by atoms with Crippen molar-refractivity contribution in [3.8, 4) is 0 Å². The van der Waals surface area contributed by atoms with Gasteiger partial charge in [-0.05, 0) is 5.41 Å². The molecule has 0 aromatic carbocycles. The Morgan fingerprint density at radius 3 is 1.76 bits per heavy atom. The second kappa shape index (κ2) is 8.13. The number of guanidine groups is 1. The van der Waals surface area contributed by atoms with Crippen LogP contribution in [-0.4, -0.2) is 63.7 Å². The van der Waals surface area contributed by atoms with E-state index in [0.29, 0.717) is 6.54 Å². The van der Waals surface area contributed by atoms with Crippen molar-refractivity contribution in [2.75, 3.05) is 41.8 Å². The molecule has 0 saturated heterocycles. The highest BCUT2D eigenvalue weighted by Crippen LogP contribution is 2.21. The van der Waals surface area contributed by atoms with Gasteiger partial charge in [-0.1, -0.05) is 20.8 Å². The zero-order valence-electron chi connectivity index (χ0n) is 12.4. The Labute approximate surface area is 123 Å². The van der Waals surface area contributed by atoms with Gasteiger partial charge >= 0.3 is 0 Å². The first-order chi connectivity index (χ1) is 7.20. The summed E-state index contributed by atoms with van der Waals surface area (Å²) in [6.45, 7) is 7.19. The van der Waals surface area contributed by atoms with Crippen molar-refractivity contribution in [3.05, 3.63) is 0 Å². The Morgan fingerprint density at radius 2 is 1.53 bits per heavy atom. The van der Waals surface area contributed by atoms with Gasteiger partial charge in [-0.3, -0.25) is 4.99 Å². The van der Waals surface area contributed by atoms with Gasteiger partial charge in [0.15, 0.2) is 5.96 Å². The minimum Gasteiger partial charge on any atom is -0.379 e. The van der Waals surface area contributed by atoms with Crippen LogP contribution in [-0.2, 0) is 4.74 Å². The lowest BCUT2D eigenvalue weighted by molar-refractivity contribution is 0.0239. The van der Waals surface area contributed by atoms with E-state index < -0.39 is 0 Å². The van der Waals surface area contributed by atoms with Crippen molar-refractivity contribution < 1.29 is 4.74 Å². The highest BCUT2D eigenvalue weighted by atomic mass is 127. The molecular weight excluding hydrogens is 329 g/mol. The van der Waals surface area contributed by atoms with Gasteiger partial charge in [-0.2, -0.15) is 0 Å². The zero-order valence-corrected chi connectivity index (χ0v) is 14.8. The van der Waals surface area contributed by atoms with E-state index in [1.165, 1.54) is 0 Å². The molecular formula is C12H28IN3O. The average molecular weight is 357 g/mol. The molecule has 0 fully saturated rings. The summed E-state index contributed by atoms with van der Waals surface area (Å²) in [6.07, 6.45) is 0.141. The lowest BCUT2D eigenvalue weighted by atomic mass is 9.89. The summed E-state index contributed by atoms with van der Waals surface area (Å²) in [5.74, 6) is 0.964. The monoisotopic (exact) mass is 357 g/mol. The van der Waals surface area contributed by atoms with E-state index in [9.17, 15) is 0 Å². The minimum atomic E-state index is 0. The van der Waals surface area contributed by atoms with E-state index in [1.807, 2.05) is 38.0 Å². The van der Waals surface area contributed by atoms with Crippen LogP contribution >= 0.6 is 24.0 Å². The highest BCUT2D eigenvalue weighted by molar-refractivity contribution is 14.0. The van der Waals surface area contributed by atoms with Crippen molar-refractivity contribution >= 4 is 29.9 Å². The predicted molar refractivity (Wildman–Crippen MR) is 85.3 cm³/mol. The second-order valence-electron chi connectivity index (χ2n) is 5.52. The van der Waals surface area contributed by atoms with Crippen LogP contribution in [0.3, 0.4) is 0 Å². The Balaban J connectivity index is 0. The van der Waals surface area contributed by atoms with E-state index in [-0.39, 0.29) is 35.5 Å². The van der Waals surface area contributed by atoms with Crippen LogP contribution in [0.15, 0.2) is 4.99 Å². The molecule has 0 spiro atoms. The molecule has 0 aromatic rings. The summed E-state index contributed by atoms with van der Waals surface area (Å²) in [7, 11) is 9.74. The highest BCUT2D eigenvalue weighted by Gasteiger charge is 2.24. The smallest absolute Gasteiger partial charge is 0.195 e. The third kappa shape index (κ3) is 7.08. The van der Waals surface area contributed by atoms with Crippen LogP contribution in [0.2, 0.25) is 0 Å². The first-order valence-corrected chi connectivity index (χ1v) is 5.62. The van der Waals surface area contributed by atoms with Crippen molar-refractivity contribution in [1.29, 1.82) is 0 Å². The average Bonchev–Trinajstić information content (AvgIpc) is 2.08. The summed E-state index contributed by atoms with van der Waals surface area (Å²) in [5.41, 5.74) is 0.113. The van der Waals surface area contributed by atoms with Crippen LogP contribution in [0.1, 0.15) is 20.8 Å². The Kier molecular flexibility index (Phi) is 9.23. The molecule has 0 N–H and O–H groups in total. The van der Waals surface area contributed by atoms with Gasteiger partial charge in [0.25, 0.3) is 0 Å². The Bertz CT molecular complexity index is 224. The summed E-state index contributed by atoms with van der Waals surface area (Å²) in [5, 5.41) is 0. The van der Waals surface area contributed by atoms with Gasteiger partial charge in [0.2, 0.25) is 0 Å². The third-order valence-electron chi connectivity index (χ3n) is 2.45. The van der Waals surface area contributed by atoms with Crippen molar-refractivity contribution in [3.63, 3.8) is 0 Å². The van der Waals surface area contributed by atoms with Gasteiger partial charge < -0.3 is 14.5 Å². The van der Waals surface area contributed by atoms with Crippen molar-refractivity contribution in [1.82, 2.24) is 9.80 Å². The number of methoxy groups -OCH3 is 1. The normalized spacial score (nSPS) is 12.5. The van der Waals surface area contributed by atoms with E-state index >= 15 is 0 Å². The molecule has 0 bridgehead atoms. The topological polar surface area (TPSA) is 28.1 Å². The summed E-state index contributed by atoms with van der Waals surface area (Å²) in [6, 6.07) is 0. The maximum Gasteiger partial charge on any atom is 0.195 e. The molecule has 1 atom stereocenters. The lowest BCUT2D eigenvalue weighted by Gasteiger charge is -2.29. The first-order valence-electron chi connectivity index (χ1n) is 5.62. The molecule has 0 amide bonds. The maximum absolute atomic E-state index is 5.48. The third-order valence-corrected chi connectivity index (χ3v) is 2.45. The summed E-state index contributed by atoms with van der Waals surface area (Å²) >= 11 is 0. The van der Waals surface area contributed by atoms with Crippen LogP contribution in [0, 0.1) is 5.41 Å². The number of hydrogen-bond acceptors (Lipinski definition) is 2. The molecule has 1 unspecified atom stereocenters. The van der Waals surface area contributed by atoms with Crippen LogP contribution in [0.5, 0.6) is 0 Å². The fraction of sp³-hybridized carbons (Fsp3) is 0.917. The maximum atomic E-state index is 5.48. The largest absolute Gasteiger partial charge is 0.379 e. The number of rotatable bonds is 3. The van der Waals surface area contributed by atoms with E-state index in [2.05, 4.69) is 25.8 Å². The van der Waals surface area contributed by atoms with Gasteiger partial charge in [0.05, 0.1) is 12.6 Å². The van der Waals surface area contributed by atoms with E-state index in [4.69, 9.17) is 4.74 Å². The number of aliphatic imine (C=N–C) groups is 1. The SMILES string of the molecule is COC(CN=C(N(C)C)N(C)C)C(C)(C)C.I. The number of nitrogens with zero attached hydrogens (tertiary/aromatic N) is 3. The van der Waals surface area contributed by atoms with Crippen molar-refractivity contribution in [2.45, 2.75) is 26.9 Å². The Hall–Kier alpha value is -0.0400. The van der Waals surface area contributed by atoms with Crippen LogP contribution in [0.25, 0.3) is 0 Å². The quantitative estimate of drug-likeness (QED) is 0.440. The number of hydrogen-bond donors (Lipinski definition) is 0. The van der Waals surface area contributed by atoms with Gasteiger partial charge in [0, 0.05) is 35.3 Å². The fourth-order valence-electron chi connectivity index (χ4n) is 1.55. The molecule has 0 radical (unpaired) electrons. The summed E-state index contributed by atoms with van der Waals surface area (Å²) < 4.78 is 5.48. The van der Waals surface area contributed by atoms with Gasteiger partial charge in [0.1, 0.15) is 0 Å². The predicted octanol–water partition coefficient (Wildman–Crippen LogP) is 2.14. The molecule has 17 heavy (non-hydrogen) atoms. The van der Waals surface area contributed by atoms with E-state index in [0.717, 1.165) is 5.96 Å². The molecule has 0 aliphatic carbocycles. The minimum absolute atomic E-state index is 0. The molecule has 4 nitrogen and oxygen atoms in total. The molecule has 0 aromatic heterocycles. The second-order valence-corrected chi connectivity index (χ2v) is 5.52. The molecule has 0 aliphatic rings.